The van der Waals surface area contributed by atoms with Crippen molar-refractivity contribution in [3.63, 3.8) is 0 Å². The van der Waals surface area contributed by atoms with E-state index in [9.17, 15) is 0 Å². The minimum absolute atomic E-state index is 0.719. The van der Waals surface area contributed by atoms with E-state index in [0.717, 1.165) is 22.7 Å². The van der Waals surface area contributed by atoms with Gasteiger partial charge >= 0.3 is 0 Å². The highest BCUT2D eigenvalue weighted by Gasteiger charge is 2.55. The second-order valence-corrected chi connectivity index (χ2v) is 8.61. The van der Waals surface area contributed by atoms with Gasteiger partial charge < -0.3 is 0 Å². The maximum absolute atomic E-state index is 2.59. The largest absolute Gasteiger partial charge is 0.0622 e. The van der Waals surface area contributed by atoms with E-state index in [-0.39, 0.29) is 0 Å². The van der Waals surface area contributed by atoms with Crippen molar-refractivity contribution in [1.29, 1.82) is 0 Å². The molecule has 0 aromatic heterocycles. The van der Waals surface area contributed by atoms with Gasteiger partial charge in [-0.05, 0) is 86.0 Å². The fourth-order valence-electron chi connectivity index (χ4n) is 6.53. The van der Waals surface area contributed by atoms with E-state index in [1.807, 2.05) is 0 Å². The first kappa shape index (κ1) is 12.9. The van der Waals surface area contributed by atoms with Crippen LogP contribution in [0.5, 0.6) is 0 Å². The van der Waals surface area contributed by atoms with Crippen LogP contribution >= 0.6 is 0 Å². The molecule has 1 aromatic rings. The SMILES string of the molecule is CC12CC3CC(C1)CC(CCCc1ccccc1)(C3)C2. The third kappa shape index (κ3) is 2.32. The molecular formula is C20H28. The molecule has 4 aliphatic rings. The molecule has 0 heteroatoms. The standard InChI is InChI=1S/C20H28/c1-19-11-17-10-18(12-19)14-20(13-17,15-19)9-5-8-16-6-3-2-4-7-16/h2-4,6-7,17-18H,5,8-15H2,1H3. The highest BCUT2D eigenvalue weighted by Crippen LogP contribution is 2.66. The van der Waals surface area contributed by atoms with Gasteiger partial charge in [0.15, 0.2) is 0 Å². The first-order valence-corrected chi connectivity index (χ1v) is 8.69. The highest BCUT2D eigenvalue weighted by molar-refractivity contribution is 5.15. The van der Waals surface area contributed by atoms with E-state index >= 15 is 0 Å². The number of hydrogen-bond acceptors (Lipinski definition) is 0. The summed E-state index contributed by atoms with van der Waals surface area (Å²) in [4.78, 5) is 0. The zero-order chi connectivity index (χ0) is 13.6. The van der Waals surface area contributed by atoms with Crippen LogP contribution in [0.1, 0.15) is 63.9 Å². The van der Waals surface area contributed by atoms with Crippen molar-refractivity contribution in [1.82, 2.24) is 0 Å². The van der Waals surface area contributed by atoms with E-state index in [1.165, 1.54) is 24.8 Å². The molecule has 0 saturated heterocycles. The summed E-state index contributed by atoms with van der Waals surface area (Å²) in [6.07, 6.45) is 13.5. The van der Waals surface area contributed by atoms with E-state index in [2.05, 4.69) is 37.3 Å². The first-order chi connectivity index (χ1) is 9.65. The van der Waals surface area contributed by atoms with Crippen molar-refractivity contribution in [2.45, 2.75) is 64.7 Å². The summed E-state index contributed by atoms with van der Waals surface area (Å²) >= 11 is 0. The van der Waals surface area contributed by atoms with Crippen LogP contribution in [-0.2, 0) is 6.42 Å². The first-order valence-electron chi connectivity index (χ1n) is 8.69. The quantitative estimate of drug-likeness (QED) is 0.665. The van der Waals surface area contributed by atoms with Crippen molar-refractivity contribution >= 4 is 0 Å². The normalized spacial score (nSPS) is 42.0. The van der Waals surface area contributed by atoms with Crippen LogP contribution in [0.4, 0.5) is 0 Å². The molecular weight excluding hydrogens is 240 g/mol. The summed E-state index contributed by atoms with van der Waals surface area (Å²) in [6, 6.07) is 11.1. The van der Waals surface area contributed by atoms with Crippen LogP contribution in [0.25, 0.3) is 0 Å². The predicted molar refractivity (Wildman–Crippen MR) is 84.6 cm³/mol. The molecule has 5 rings (SSSR count). The Balaban J connectivity index is 1.41. The lowest BCUT2D eigenvalue weighted by Gasteiger charge is -2.61. The second kappa shape index (κ2) is 4.61. The maximum atomic E-state index is 2.59. The molecule has 2 unspecified atom stereocenters. The van der Waals surface area contributed by atoms with Crippen LogP contribution in [-0.4, -0.2) is 0 Å². The maximum Gasteiger partial charge on any atom is -0.0279 e. The van der Waals surface area contributed by atoms with Crippen molar-refractivity contribution in [3.05, 3.63) is 35.9 Å². The van der Waals surface area contributed by atoms with Crippen LogP contribution in [0, 0.1) is 22.7 Å². The number of hydrogen-bond donors (Lipinski definition) is 0. The van der Waals surface area contributed by atoms with Crippen molar-refractivity contribution < 1.29 is 0 Å². The average molecular weight is 268 g/mol. The van der Waals surface area contributed by atoms with Gasteiger partial charge in [-0.15, -0.1) is 0 Å². The van der Waals surface area contributed by atoms with Gasteiger partial charge in [-0.25, -0.2) is 0 Å². The molecule has 0 heterocycles. The van der Waals surface area contributed by atoms with E-state index in [0.29, 0.717) is 0 Å². The minimum atomic E-state index is 0.719. The molecule has 0 radical (unpaired) electrons. The van der Waals surface area contributed by atoms with Crippen LogP contribution in [0.2, 0.25) is 0 Å². The van der Waals surface area contributed by atoms with Gasteiger partial charge in [0.1, 0.15) is 0 Å². The van der Waals surface area contributed by atoms with Gasteiger partial charge in [0.25, 0.3) is 0 Å². The van der Waals surface area contributed by atoms with Crippen molar-refractivity contribution in [3.8, 4) is 0 Å². The fraction of sp³-hybridized carbons (Fsp3) is 0.700. The lowest BCUT2D eigenvalue weighted by Crippen LogP contribution is -2.50. The predicted octanol–water partition coefficient (Wildman–Crippen LogP) is 5.62. The van der Waals surface area contributed by atoms with Gasteiger partial charge in [0.05, 0.1) is 0 Å². The Labute approximate surface area is 124 Å². The summed E-state index contributed by atoms with van der Waals surface area (Å²) in [5, 5.41) is 0. The Hall–Kier alpha value is -0.780. The van der Waals surface area contributed by atoms with E-state index in [4.69, 9.17) is 0 Å². The van der Waals surface area contributed by atoms with Gasteiger partial charge in [-0.2, -0.15) is 0 Å². The van der Waals surface area contributed by atoms with Gasteiger partial charge in [0, 0.05) is 0 Å². The average Bonchev–Trinajstić information content (AvgIpc) is 2.36. The van der Waals surface area contributed by atoms with E-state index < -0.39 is 0 Å². The summed E-state index contributed by atoms with van der Waals surface area (Å²) < 4.78 is 0. The molecule has 4 fully saturated rings. The zero-order valence-electron chi connectivity index (χ0n) is 12.9. The van der Waals surface area contributed by atoms with Crippen LogP contribution in [0.15, 0.2) is 30.3 Å². The molecule has 4 saturated carbocycles. The van der Waals surface area contributed by atoms with E-state index in [1.54, 1.807) is 38.5 Å². The molecule has 0 spiro atoms. The third-order valence-electron chi connectivity index (χ3n) is 6.49. The number of aryl methyl sites for hydroxylation is 1. The smallest absolute Gasteiger partial charge is 0.0279 e. The Morgan fingerprint density at radius 3 is 2.35 bits per heavy atom. The fourth-order valence-corrected chi connectivity index (χ4v) is 6.53. The Morgan fingerprint density at radius 2 is 1.70 bits per heavy atom. The number of benzene rings is 1. The van der Waals surface area contributed by atoms with Gasteiger partial charge in [-0.1, -0.05) is 37.3 Å². The molecule has 2 atom stereocenters. The molecule has 20 heavy (non-hydrogen) atoms. The van der Waals surface area contributed by atoms with Crippen LogP contribution in [0.3, 0.4) is 0 Å². The third-order valence-corrected chi connectivity index (χ3v) is 6.49. The molecule has 0 nitrogen and oxygen atoms in total. The summed E-state index contributed by atoms with van der Waals surface area (Å²) in [5.41, 5.74) is 2.99. The van der Waals surface area contributed by atoms with Crippen LogP contribution < -0.4 is 0 Å². The molecule has 4 bridgehead atoms. The summed E-state index contributed by atoms with van der Waals surface area (Å²) in [7, 11) is 0. The molecule has 0 N–H and O–H groups in total. The number of rotatable bonds is 4. The molecule has 4 aliphatic carbocycles. The molecule has 1 aromatic carbocycles. The summed E-state index contributed by atoms with van der Waals surface area (Å²) in [6.45, 7) is 2.59. The highest BCUT2D eigenvalue weighted by atomic mass is 14.6. The molecule has 0 amide bonds. The van der Waals surface area contributed by atoms with Crippen molar-refractivity contribution in [2.75, 3.05) is 0 Å². The molecule has 0 aliphatic heterocycles. The van der Waals surface area contributed by atoms with Gasteiger partial charge in [-0.3, -0.25) is 0 Å². The monoisotopic (exact) mass is 268 g/mol. The Bertz CT molecular complexity index is 458. The summed E-state index contributed by atoms with van der Waals surface area (Å²) in [5.74, 6) is 2.16. The Kier molecular flexibility index (Phi) is 2.98. The van der Waals surface area contributed by atoms with Crippen molar-refractivity contribution in [2.24, 2.45) is 22.7 Å². The van der Waals surface area contributed by atoms with Gasteiger partial charge in [0.2, 0.25) is 0 Å². The lowest BCUT2D eigenvalue weighted by molar-refractivity contribution is -0.105. The minimum Gasteiger partial charge on any atom is -0.0622 e. The topological polar surface area (TPSA) is 0 Å². The Morgan fingerprint density at radius 1 is 1.00 bits per heavy atom. The second-order valence-electron chi connectivity index (χ2n) is 8.61. The zero-order valence-corrected chi connectivity index (χ0v) is 12.9. The lowest BCUT2D eigenvalue weighted by atomic mass is 9.44. The molecule has 108 valence electrons.